The molecule has 19 heavy (non-hydrogen) atoms. The van der Waals surface area contributed by atoms with Crippen LogP contribution >= 0.6 is 11.3 Å². The molecule has 102 valence electrons. The van der Waals surface area contributed by atoms with E-state index < -0.39 is 0 Å². The summed E-state index contributed by atoms with van der Waals surface area (Å²) in [4.78, 5) is 6.91. The third-order valence-corrected chi connectivity index (χ3v) is 4.20. The number of nitrogens with zero attached hydrogens (tertiary/aromatic N) is 3. The first-order valence-electron chi connectivity index (χ1n) is 6.60. The van der Waals surface area contributed by atoms with Gasteiger partial charge in [-0.05, 0) is 37.9 Å². The Morgan fingerprint density at radius 3 is 3.32 bits per heavy atom. The van der Waals surface area contributed by atoms with Crippen LogP contribution in [0.4, 0.5) is 0 Å². The summed E-state index contributed by atoms with van der Waals surface area (Å²) in [5.41, 5.74) is 1.01. The van der Waals surface area contributed by atoms with Crippen LogP contribution in [-0.4, -0.2) is 41.2 Å². The molecule has 1 unspecified atom stereocenters. The van der Waals surface area contributed by atoms with Crippen LogP contribution in [0.2, 0.25) is 0 Å². The van der Waals surface area contributed by atoms with Gasteiger partial charge in [0.25, 0.3) is 5.89 Å². The number of thiophene rings is 1. The van der Waals surface area contributed by atoms with Gasteiger partial charge in [-0.1, -0.05) is 5.16 Å². The zero-order valence-corrected chi connectivity index (χ0v) is 11.8. The van der Waals surface area contributed by atoms with E-state index in [1.54, 1.807) is 11.3 Å². The molecule has 0 bridgehead atoms. The number of likely N-dealkylation sites (tertiary alicyclic amines) is 1. The second kappa shape index (κ2) is 5.81. The van der Waals surface area contributed by atoms with Gasteiger partial charge < -0.3 is 9.84 Å². The van der Waals surface area contributed by atoms with E-state index in [9.17, 15) is 0 Å². The number of likely N-dealkylation sites (N-methyl/N-ethyl adjacent to an activating group) is 1. The maximum absolute atomic E-state index is 5.32. The van der Waals surface area contributed by atoms with Gasteiger partial charge in [-0.2, -0.15) is 16.3 Å². The van der Waals surface area contributed by atoms with Crippen LogP contribution < -0.4 is 5.32 Å². The van der Waals surface area contributed by atoms with Gasteiger partial charge in [0.05, 0.1) is 12.1 Å². The summed E-state index contributed by atoms with van der Waals surface area (Å²) in [6.45, 7) is 2.92. The molecule has 0 radical (unpaired) electrons. The van der Waals surface area contributed by atoms with E-state index in [1.807, 2.05) is 23.9 Å². The smallest absolute Gasteiger partial charge is 0.258 e. The molecule has 6 heteroatoms. The average molecular weight is 278 g/mol. The molecule has 1 fully saturated rings. The summed E-state index contributed by atoms with van der Waals surface area (Å²) in [6.07, 6.45) is 2.50. The van der Waals surface area contributed by atoms with E-state index in [4.69, 9.17) is 4.52 Å². The lowest BCUT2D eigenvalue weighted by Gasteiger charge is -2.22. The number of nitrogens with one attached hydrogen (secondary N) is 1. The van der Waals surface area contributed by atoms with Crippen LogP contribution in [0.15, 0.2) is 21.3 Å². The lowest BCUT2D eigenvalue weighted by Crippen LogP contribution is -2.36. The predicted molar refractivity (Wildman–Crippen MR) is 75.0 cm³/mol. The Morgan fingerprint density at radius 2 is 2.53 bits per heavy atom. The van der Waals surface area contributed by atoms with Gasteiger partial charge >= 0.3 is 0 Å². The van der Waals surface area contributed by atoms with Crippen molar-refractivity contribution >= 4 is 11.3 Å². The van der Waals surface area contributed by atoms with Crippen molar-refractivity contribution in [2.24, 2.45) is 0 Å². The van der Waals surface area contributed by atoms with Gasteiger partial charge in [-0.15, -0.1) is 0 Å². The van der Waals surface area contributed by atoms with Crippen molar-refractivity contribution in [3.8, 4) is 11.5 Å². The Morgan fingerprint density at radius 1 is 1.58 bits per heavy atom. The monoisotopic (exact) mass is 278 g/mol. The van der Waals surface area contributed by atoms with Crippen molar-refractivity contribution < 1.29 is 4.52 Å². The van der Waals surface area contributed by atoms with Crippen molar-refractivity contribution in [2.45, 2.75) is 25.4 Å². The number of aromatic nitrogens is 2. The molecule has 3 rings (SSSR count). The molecule has 1 N–H and O–H groups in total. The van der Waals surface area contributed by atoms with Gasteiger partial charge in [-0.25, -0.2) is 0 Å². The maximum atomic E-state index is 5.32. The Kier molecular flexibility index (Phi) is 3.91. The van der Waals surface area contributed by atoms with Crippen molar-refractivity contribution in [3.63, 3.8) is 0 Å². The first-order valence-corrected chi connectivity index (χ1v) is 7.55. The maximum Gasteiger partial charge on any atom is 0.258 e. The first-order chi connectivity index (χ1) is 9.36. The number of rotatable bonds is 5. The highest BCUT2D eigenvalue weighted by atomic mass is 32.1. The van der Waals surface area contributed by atoms with Crippen molar-refractivity contribution in [1.29, 1.82) is 0 Å². The van der Waals surface area contributed by atoms with Gasteiger partial charge in [0.2, 0.25) is 0 Å². The Hall–Kier alpha value is -1.24. The molecule has 1 atom stereocenters. The quantitative estimate of drug-likeness (QED) is 0.906. The molecule has 5 nitrogen and oxygen atoms in total. The molecule has 0 saturated carbocycles. The minimum absolute atomic E-state index is 0.591. The fourth-order valence-electron chi connectivity index (χ4n) is 2.57. The van der Waals surface area contributed by atoms with E-state index in [0.717, 1.165) is 31.0 Å². The normalized spacial score (nSPS) is 20.2. The predicted octanol–water partition coefficient (Wildman–Crippen LogP) is 1.98. The standard InChI is InChI=1S/C13H18N4OS/c1-14-7-11-3-2-5-17(11)8-12-15-13(18-16-12)10-4-6-19-9-10/h4,6,9,11,14H,2-3,5,7-8H2,1H3. The molecule has 1 saturated heterocycles. The second-order valence-corrected chi connectivity index (χ2v) is 5.63. The highest BCUT2D eigenvalue weighted by Crippen LogP contribution is 2.22. The van der Waals surface area contributed by atoms with Crippen molar-refractivity contribution in [3.05, 3.63) is 22.7 Å². The molecule has 3 heterocycles. The molecule has 1 aliphatic heterocycles. The largest absolute Gasteiger partial charge is 0.334 e. The average Bonchev–Trinajstić information content (AvgIpc) is 3.12. The second-order valence-electron chi connectivity index (χ2n) is 4.85. The molecule has 0 spiro atoms. The lowest BCUT2D eigenvalue weighted by atomic mass is 10.2. The number of hydrogen-bond donors (Lipinski definition) is 1. The van der Waals surface area contributed by atoms with Crippen LogP contribution in [0.3, 0.4) is 0 Å². The van der Waals surface area contributed by atoms with Crippen LogP contribution in [0, 0.1) is 0 Å². The Balaban J connectivity index is 1.67. The van der Waals surface area contributed by atoms with Crippen molar-refractivity contribution in [2.75, 3.05) is 20.1 Å². The Bertz CT molecular complexity index is 510. The minimum atomic E-state index is 0.591. The molecular formula is C13H18N4OS. The fourth-order valence-corrected chi connectivity index (χ4v) is 3.20. The van der Waals surface area contributed by atoms with Gasteiger partial charge in [-0.3, -0.25) is 4.90 Å². The molecule has 0 aromatic carbocycles. The van der Waals surface area contributed by atoms with E-state index in [0.29, 0.717) is 11.9 Å². The third kappa shape index (κ3) is 2.86. The van der Waals surface area contributed by atoms with Gasteiger partial charge in [0.15, 0.2) is 5.82 Å². The highest BCUT2D eigenvalue weighted by Gasteiger charge is 2.25. The first kappa shape index (κ1) is 12.8. The minimum Gasteiger partial charge on any atom is -0.334 e. The molecule has 2 aromatic rings. The molecule has 0 amide bonds. The summed E-state index contributed by atoms with van der Waals surface area (Å²) in [7, 11) is 2.00. The summed E-state index contributed by atoms with van der Waals surface area (Å²) in [6, 6.07) is 2.59. The SMILES string of the molecule is CNCC1CCCN1Cc1noc(-c2ccsc2)n1. The third-order valence-electron chi connectivity index (χ3n) is 3.52. The van der Waals surface area contributed by atoms with E-state index >= 15 is 0 Å². The van der Waals surface area contributed by atoms with Crippen LogP contribution in [0.25, 0.3) is 11.5 Å². The van der Waals surface area contributed by atoms with Crippen molar-refractivity contribution in [1.82, 2.24) is 20.4 Å². The van der Waals surface area contributed by atoms with Gasteiger partial charge in [0, 0.05) is 18.0 Å². The highest BCUT2D eigenvalue weighted by molar-refractivity contribution is 7.08. The number of hydrogen-bond acceptors (Lipinski definition) is 6. The van der Waals surface area contributed by atoms with E-state index in [2.05, 4.69) is 20.4 Å². The van der Waals surface area contributed by atoms with Gasteiger partial charge in [0.1, 0.15) is 0 Å². The lowest BCUT2D eigenvalue weighted by molar-refractivity contribution is 0.233. The Labute approximate surface area is 116 Å². The summed E-state index contributed by atoms with van der Waals surface area (Å²) in [5, 5.41) is 11.4. The summed E-state index contributed by atoms with van der Waals surface area (Å²) < 4.78 is 5.32. The van der Waals surface area contributed by atoms with Crippen LogP contribution in [-0.2, 0) is 6.54 Å². The van der Waals surface area contributed by atoms with E-state index in [-0.39, 0.29) is 0 Å². The summed E-state index contributed by atoms with van der Waals surface area (Å²) >= 11 is 1.64. The van der Waals surface area contributed by atoms with Crippen LogP contribution in [0.1, 0.15) is 18.7 Å². The summed E-state index contributed by atoms with van der Waals surface area (Å²) in [5.74, 6) is 1.41. The molecular weight excluding hydrogens is 260 g/mol. The molecule has 1 aliphatic rings. The zero-order chi connectivity index (χ0) is 13.1. The zero-order valence-electron chi connectivity index (χ0n) is 11.0. The molecule has 2 aromatic heterocycles. The van der Waals surface area contributed by atoms with E-state index in [1.165, 1.54) is 12.8 Å². The fraction of sp³-hybridized carbons (Fsp3) is 0.538. The van der Waals surface area contributed by atoms with Crippen LogP contribution in [0.5, 0.6) is 0 Å². The topological polar surface area (TPSA) is 54.2 Å². The molecule has 0 aliphatic carbocycles.